The van der Waals surface area contributed by atoms with Crippen LogP contribution < -0.4 is 5.32 Å². The Labute approximate surface area is 131 Å². The first-order chi connectivity index (χ1) is 10.5. The predicted octanol–water partition coefficient (Wildman–Crippen LogP) is 3.02. The van der Waals surface area contributed by atoms with Crippen LogP contribution in [0.3, 0.4) is 0 Å². The lowest BCUT2D eigenvalue weighted by Crippen LogP contribution is -2.34. The number of hydrogen-bond donors (Lipinski definition) is 1. The molecule has 0 aliphatic heterocycles. The number of fused-ring (bicyclic) bond motifs is 1. The van der Waals surface area contributed by atoms with Gasteiger partial charge in [0.1, 0.15) is 5.52 Å². The zero-order valence-corrected chi connectivity index (χ0v) is 13.8. The van der Waals surface area contributed by atoms with Crippen LogP contribution in [0, 0.1) is 0 Å². The highest BCUT2D eigenvalue weighted by Gasteiger charge is 2.12. The van der Waals surface area contributed by atoms with E-state index in [4.69, 9.17) is 4.42 Å². The number of carbonyl (C=O) groups excluding carboxylic acids is 1. The number of benzene rings is 1. The molecule has 0 unspecified atom stereocenters. The van der Waals surface area contributed by atoms with Crippen LogP contribution in [-0.2, 0) is 0 Å². The first-order valence-corrected chi connectivity index (χ1v) is 7.96. The van der Waals surface area contributed by atoms with Crippen molar-refractivity contribution in [3.05, 3.63) is 29.7 Å². The summed E-state index contributed by atoms with van der Waals surface area (Å²) in [5.74, 6) is 0.865. The third kappa shape index (κ3) is 3.85. The minimum Gasteiger partial charge on any atom is -0.440 e. The van der Waals surface area contributed by atoms with Crippen molar-refractivity contribution < 1.29 is 9.21 Å². The van der Waals surface area contributed by atoms with Crippen molar-refractivity contribution in [2.45, 2.75) is 33.6 Å². The molecule has 1 aromatic heterocycles. The zero-order valence-electron chi connectivity index (χ0n) is 13.8. The summed E-state index contributed by atoms with van der Waals surface area (Å²) in [4.78, 5) is 18.9. The number of carbonyl (C=O) groups is 1. The predicted molar refractivity (Wildman–Crippen MR) is 88.2 cm³/mol. The molecule has 5 heteroatoms. The Bertz CT molecular complexity index is 630. The number of hydrogen-bond acceptors (Lipinski definition) is 4. The van der Waals surface area contributed by atoms with Crippen molar-refractivity contribution in [3.63, 3.8) is 0 Å². The molecule has 0 fully saturated rings. The summed E-state index contributed by atoms with van der Waals surface area (Å²) in [6.45, 7) is 11.8. The van der Waals surface area contributed by atoms with Gasteiger partial charge in [-0.1, -0.05) is 27.7 Å². The smallest absolute Gasteiger partial charge is 0.251 e. The molecule has 0 saturated carbocycles. The fourth-order valence-electron chi connectivity index (χ4n) is 2.30. The van der Waals surface area contributed by atoms with Gasteiger partial charge in [-0.25, -0.2) is 4.98 Å². The van der Waals surface area contributed by atoms with E-state index >= 15 is 0 Å². The topological polar surface area (TPSA) is 58.4 Å². The van der Waals surface area contributed by atoms with Gasteiger partial charge in [-0.05, 0) is 31.3 Å². The molecule has 1 amide bonds. The fraction of sp³-hybridized carbons (Fsp3) is 0.529. The van der Waals surface area contributed by atoms with Crippen LogP contribution in [-0.4, -0.2) is 42.0 Å². The van der Waals surface area contributed by atoms with E-state index in [0.29, 0.717) is 23.6 Å². The molecule has 5 nitrogen and oxygen atoms in total. The summed E-state index contributed by atoms with van der Waals surface area (Å²) >= 11 is 0. The molecule has 120 valence electrons. The highest BCUT2D eigenvalue weighted by molar-refractivity contribution is 5.97. The van der Waals surface area contributed by atoms with Crippen LogP contribution in [0.25, 0.3) is 11.1 Å². The van der Waals surface area contributed by atoms with Crippen LogP contribution in [0.4, 0.5) is 0 Å². The number of amides is 1. The van der Waals surface area contributed by atoms with Gasteiger partial charge in [0.2, 0.25) is 0 Å². The maximum atomic E-state index is 12.2. The van der Waals surface area contributed by atoms with Crippen molar-refractivity contribution in [1.29, 1.82) is 0 Å². The Morgan fingerprint density at radius 2 is 2.05 bits per heavy atom. The quantitative estimate of drug-likeness (QED) is 0.854. The van der Waals surface area contributed by atoms with Gasteiger partial charge < -0.3 is 14.6 Å². The number of nitrogens with one attached hydrogen (secondary N) is 1. The number of rotatable bonds is 7. The molecule has 0 bridgehead atoms. The summed E-state index contributed by atoms with van der Waals surface area (Å²) in [6, 6.07) is 5.40. The second-order valence-corrected chi connectivity index (χ2v) is 5.67. The Kier molecular flexibility index (Phi) is 5.55. The number of nitrogens with zero attached hydrogens (tertiary/aromatic N) is 2. The summed E-state index contributed by atoms with van der Waals surface area (Å²) in [7, 11) is 0. The van der Waals surface area contributed by atoms with Gasteiger partial charge in [0.25, 0.3) is 5.91 Å². The Morgan fingerprint density at radius 3 is 2.68 bits per heavy atom. The van der Waals surface area contributed by atoms with Crippen LogP contribution in [0.15, 0.2) is 22.6 Å². The number of aromatic nitrogens is 1. The van der Waals surface area contributed by atoms with E-state index in [0.717, 1.165) is 25.2 Å². The Morgan fingerprint density at radius 1 is 1.32 bits per heavy atom. The molecule has 0 saturated heterocycles. The Hall–Kier alpha value is -1.88. The van der Waals surface area contributed by atoms with E-state index in [1.807, 2.05) is 19.9 Å². The second kappa shape index (κ2) is 7.40. The van der Waals surface area contributed by atoms with E-state index in [2.05, 4.69) is 29.0 Å². The van der Waals surface area contributed by atoms with Crippen LogP contribution >= 0.6 is 0 Å². The third-order valence-corrected chi connectivity index (χ3v) is 3.77. The number of likely N-dealkylation sites (N-methyl/N-ethyl adjacent to an activating group) is 1. The van der Waals surface area contributed by atoms with Gasteiger partial charge in [-0.3, -0.25) is 4.79 Å². The molecule has 0 radical (unpaired) electrons. The molecule has 22 heavy (non-hydrogen) atoms. The van der Waals surface area contributed by atoms with Gasteiger partial charge in [-0.15, -0.1) is 0 Å². The Balaban J connectivity index is 2.02. The lowest BCUT2D eigenvalue weighted by atomic mass is 10.2. The first kappa shape index (κ1) is 16.5. The van der Waals surface area contributed by atoms with Crippen molar-refractivity contribution in [2.75, 3.05) is 26.2 Å². The average Bonchev–Trinajstić information content (AvgIpc) is 2.94. The van der Waals surface area contributed by atoms with E-state index in [9.17, 15) is 4.79 Å². The third-order valence-electron chi connectivity index (χ3n) is 3.77. The first-order valence-electron chi connectivity index (χ1n) is 7.96. The fourth-order valence-corrected chi connectivity index (χ4v) is 2.30. The minimum atomic E-state index is -0.0726. The summed E-state index contributed by atoms with van der Waals surface area (Å²) in [5, 5.41) is 2.95. The van der Waals surface area contributed by atoms with Crippen molar-refractivity contribution in [2.24, 2.45) is 0 Å². The van der Waals surface area contributed by atoms with Crippen LogP contribution in [0.5, 0.6) is 0 Å². The molecular weight excluding hydrogens is 278 g/mol. The minimum absolute atomic E-state index is 0.0726. The maximum Gasteiger partial charge on any atom is 0.251 e. The highest BCUT2D eigenvalue weighted by Crippen LogP contribution is 2.22. The summed E-state index contributed by atoms with van der Waals surface area (Å²) in [5.41, 5.74) is 2.07. The van der Waals surface area contributed by atoms with E-state index in [-0.39, 0.29) is 11.8 Å². The van der Waals surface area contributed by atoms with Crippen molar-refractivity contribution >= 4 is 17.0 Å². The van der Waals surface area contributed by atoms with E-state index in [1.54, 1.807) is 12.1 Å². The molecule has 1 N–H and O–H groups in total. The average molecular weight is 303 g/mol. The molecule has 0 atom stereocenters. The number of oxazole rings is 1. The van der Waals surface area contributed by atoms with Crippen LogP contribution in [0.1, 0.15) is 49.9 Å². The van der Waals surface area contributed by atoms with E-state index in [1.165, 1.54) is 0 Å². The lowest BCUT2D eigenvalue weighted by Gasteiger charge is -2.17. The molecule has 2 rings (SSSR count). The molecular formula is C17H25N3O2. The van der Waals surface area contributed by atoms with Gasteiger partial charge in [-0.2, -0.15) is 0 Å². The van der Waals surface area contributed by atoms with Gasteiger partial charge in [0, 0.05) is 24.6 Å². The van der Waals surface area contributed by atoms with Crippen molar-refractivity contribution in [1.82, 2.24) is 15.2 Å². The summed E-state index contributed by atoms with van der Waals surface area (Å²) in [6.07, 6.45) is 0. The van der Waals surface area contributed by atoms with E-state index < -0.39 is 0 Å². The van der Waals surface area contributed by atoms with Gasteiger partial charge in [0.15, 0.2) is 11.5 Å². The lowest BCUT2D eigenvalue weighted by molar-refractivity contribution is 0.0949. The van der Waals surface area contributed by atoms with Crippen LogP contribution in [0.2, 0.25) is 0 Å². The largest absolute Gasteiger partial charge is 0.440 e. The second-order valence-electron chi connectivity index (χ2n) is 5.67. The maximum absolute atomic E-state index is 12.2. The molecule has 1 aromatic carbocycles. The normalized spacial score (nSPS) is 11.5. The highest BCUT2D eigenvalue weighted by atomic mass is 16.3. The SMILES string of the molecule is CCN(CC)CCNC(=O)c1ccc2nc(C(C)C)oc2c1. The molecule has 0 aliphatic rings. The zero-order chi connectivity index (χ0) is 16.1. The van der Waals surface area contributed by atoms with Gasteiger partial charge >= 0.3 is 0 Å². The molecule has 0 aliphatic carbocycles. The van der Waals surface area contributed by atoms with Crippen molar-refractivity contribution in [3.8, 4) is 0 Å². The van der Waals surface area contributed by atoms with Gasteiger partial charge in [0.05, 0.1) is 0 Å². The summed E-state index contributed by atoms with van der Waals surface area (Å²) < 4.78 is 5.70. The molecule has 2 aromatic rings. The molecule has 0 spiro atoms. The standard InChI is InChI=1S/C17H25N3O2/c1-5-20(6-2)10-9-18-16(21)13-7-8-14-15(11-13)22-17(19-14)12(3)4/h7-8,11-12H,5-6,9-10H2,1-4H3,(H,18,21). The molecule has 1 heterocycles. The monoisotopic (exact) mass is 303 g/mol.